The first-order valence-corrected chi connectivity index (χ1v) is 8.72. The van der Waals surface area contributed by atoms with Crippen molar-refractivity contribution in [3.8, 4) is 11.5 Å². The number of hydrogen-bond acceptors (Lipinski definition) is 6. The van der Waals surface area contributed by atoms with Gasteiger partial charge in [-0.05, 0) is 19.1 Å². The smallest absolute Gasteiger partial charge is 0.224 e. The zero-order chi connectivity index (χ0) is 18.5. The van der Waals surface area contributed by atoms with Crippen molar-refractivity contribution in [1.29, 1.82) is 0 Å². The van der Waals surface area contributed by atoms with Crippen LogP contribution in [0.5, 0.6) is 11.5 Å². The summed E-state index contributed by atoms with van der Waals surface area (Å²) >= 11 is 0. The Morgan fingerprint density at radius 2 is 1.96 bits per heavy atom. The summed E-state index contributed by atoms with van der Waals surface area (Å²) in [4.78, 5) is 21.0. The molecular weight excluding hydrogens is 334 g/mol. The van der Waals surface area contributed by atoms with E-state index in [9.17, 15) is 4.79 Å². The Labute approximate surface area is 153 Å². The lowest BCUT2D eigenvalue weighted by Crippen LogP contribution is -2.33. The Balaban J connectivity index is 1.67. The maximum Gasteiger partial charge on any atom is 0.224 e. The lowest BCUT2D eigenvalue weighted by Gasteiger charge is -2.22. The van der Waals surface area contributed by atoms with Gasteiger partial charge in [-0.1, -0.05) is 0 Å². The third kappa shape index (κ3) is 4.16. The van der Waals surface area contributed by atoms with Crippen LogP contribution < -0.4 is 9.47 Å². The fourth-order valence-electron chi connectivity index (χ4n) is 3.17. The SMILES string of the molecule is COc1ccnc(CN2CCN(Cc3ccc(C)o3)CCC2=O)c1OC. The van der Waals surface area contributed by atoms with E-state index < -0.39 is 0 Å². The number of nitrogens with zero attached hydrogens (tertiary/aromatic N) is 3. The quantitative estimate of drug-likeness (QED) is 0.788. The number of ether oxygens (including phenoxy) is 2. The molecule has 1 saturated heterocycles. The van der Waals surface area contributed by atoms with Crippen molar-refractivity contribution >= 4 is 5.91 Å². The van der Waals surface area contributed by atoms with Crippen LogP contribution in [0.4, 0.5) is 0 Å². The maximum atomic E-state index is 12.6. The van der Waals surface area contributed by atoms with Crippen LogP contribution in [0.1, 0.15) is 23.6 Å². The van der Waals surface area contributed by atoms with Gasteiger partial charge in [0.2, 0.25) is 5.91 Å². The summed E-state index contributed by atoms with van der Waals surface area (Å²) in [7, 11) is 3.17. The molecule has 0 aromatic carbocycles. The molecule has 0 radical (unpaired) electrons. The Morgan fingerprint density at radius 3 is 2.65 bits per heavy atom. The van der Waals surface area contributed by atoms with Gasteiger partial charge in [0.15, 0.2) is 11.5 Å². The lowest BCUT2D eigenvalue weighted by atomic mass is 10.2. The number of pyridine rings is 1. The van der Waals surface area contributed by atoms with Gasteiger partial charge in [-0.2, -0.15) is 0 Å². The molecule has 0 aliphatic carbocycles. The van der Waals surface area contributed by atoms with Crippen molar-refractivity contribution in [2.75, 3.05) is 33.9 Å². The Morgan fingerprint density at radius 1 is 1.12 bits per heavy atom. The zero-order valence-corrected chi connectivity index (χ0v) is 15.5. The van der Waals surface area contributed by atoms with E-state index in [-0.39, 0.29) is 5.91 Å². The van der Waals surface area contributed by atoms with Crippen LogP contribution in [0, 0.1) is 6.92 Å². The Kier molecular flexibility index (Phi) is 5.78. The van der Waals surface area contributed by atoms with Gasteiger partial charge >= 0.3 is 0 Å². The minimum Gasteiger partial charge on any atom is -0.493 e. The summed E-state index contributed by atoms with van der Waals surface area (Å²) in [6.07, 6.45) is 2.15. The highest BCUT2D eigenvalue weighted by Crippen LogP contribution is 2.30. The molecular formula is C19H25N3O4. The maximum absolute atomic E-state index is 12.6. The third-order valence-electron chi connectivity index (χ3n) is 4.56. The van der Waals surface area contributed by atoms with Crippen molar-refractivity contribution in [2.24, 2.45) is 0 Å². The van der Waals surface area contributed by atoms with Crippen molar-refractivity contribution < 1.29 is 18.7 Å². The van der Waals surface area contributed by atoms with E-state index in [1.165, 1.54) is 0 Å². The molecule has 0 spiro atoms. The Bertz CT molecular complexity index is 759. The third-order valence-corrected chi connectivity index (χ3v) is 4.56. The highest BCUT2D eigenvalue weighted by molar-refractivity contribution is 5.76. The number of amides is 1. The van der Waals surface area contributed by atoms with Gasteiger partial charge in [-0.25, -0.2) is 0 Å². The number of carbonyl (C=O) groups excluding carboxylic acids is 1. The summed E-state index contributed by atoms with van der Waals surface area (Å²) in [6.45, 7) is 5.21. The number of aromatic nitrogens is 1. The number of methoxy groups -OCH3 is 2. The van der Waals surface area contributed by atoms with Crippen LogP contribution in [-0.4, -0.2) is 54.5 Å². The molecule has 1 aliphatic rings. The fourth-order valence-corrected chi connectivity index (χ4v) is 3.17. The number of aryl methyl sites for hydroxylation is 1. The average molecular weight is 359 g/mol. The number of rotatable bonds is 6. The number of furan rings is 1. The standard InChI is InChI=1S/C19H25N3O4/c1-14-4-5-15(26-14)12-21-9-7-18(23)22(11-10-21)13-16-19(25-3)17(24-2)6-8-20-16/h4-6,8H,7,9-13H2,1-3H3. The van der Waals surface area contributed by atoms with E-state index in [4.69, 9.17) is 13.9 Å². The van der Waals surface area contributed by atoms with Crippen LogP contribution in [0.2, 0.25) is 0 Å². The molecule has 2 aromatic heterocycles. The second kappa shape index (κ2) is 8.23. The van der Waals surface area contributed by atoms with Crippen molar-refractivity contribution in [3.63, 3.8) is 0 Å². The molecule has 0 N–H and O–H groups in total. The van der Waals surface area contributed by atoms with Gasteiger partial charge in [0.25, 0.3) is 0 Å². The minimum atomic E-state index is 0.120. The minimum absolute atomic E-state index is 0.120. The average Bonchev–Trinajstić information content (AvgIpc) is 2.98. The molecule has 0 saturated carbocycles. The molecule has 1 fully saturated rings. The Hall–Kier alpha value is -2.54. The molecule has 3 heterocycles. The summed E-state index contributed by atoms with van der Waals surface area (Å²) in [6, 6.07) is 5.70. The summed E-state index contributed by atoms with van der Waals surface area (Å²) in [5.74, 6) is 3.16. The second-order valence-electron chi connectivity index (χ2n) is 6.35. The van der Waals surface area contributed by atoms with Gasteiger partial charge in [0.1, 0.15) is 17.2 Å². The summed E-state index contributed by atoms with van der Waals surface area (Å²) in [5.41, 5.74) is 0.704. The lowest BCUT2D eigenvalue weighted by molar-refractivity contribution is -0.131. The summed E-state index contributed by atoms with van der Waals surface area (Å²) < 4.78 is 16.4. The second-order valence-corrected chi connectivity index (χ2v) is 6.35. The zero-order valence-electron chi connectivity index (χ0n) is 15.5. The molecule has 2 aromatic rings. The van der Waals surface area contributed by atoms with E-state index in [0.29, 0.717) is 36.7 Å². The molecule has 1 aliphatic heterocycles. The predicted molar refractivity (Wildman–Crippen MR) is 96.1 cm³/mol. The van der Waals surface area contributed by atoms with Crippen LogP contribution in [0.15, 0.2) is 28.8 Å². The van der Waals surface area contributed by atoms with Crippen LogP contribution in [-0.2, 0) is 17.9 Å². The molecule has 3 rings (SSSR count). The van der Waals surface area contributed by atoms with E-state index >= 15 is 0 Å². The highest BCUT2D eigenvalue weighted by atomic mass is 16.5. The highest BCUT2D eigenvalue weighted by Gasteiger charge is 2.24. The molecule has 26 heavy (non-hydrogen) atoms. The van der Waals surface area contributed by atoms with Gasteiger partial charge in [0, 0.05) is 38.3 Å². The monoisotopic (exact) mass is 359 g/mol. The normalized spacial score (nSPS) is 15.8. The van der Waals surface area contributed by atoms with Gasteiger partial charge < -0.3 is 18.8 Å². The van der Waals surface area contributed by atoms with E-state index in [2.05, 4.69) is 9.88 Å². The topological polar surface area (TPSA) is 68.0 Å². The van der Waals surface area contributed by atoms with E-state index in [1.54, 1.807) is 26.5 Å². The first-order chi connectivity index (χ1) is 12.6. The van der Waals surface area contributed by atoms with Crippen molar-refractivity contribution in [3.05, 3.63) is 41.6 Å². The van der Waals surface area contributed by atoms with Crippen molar-refractivity contribution in [1.82, 2.24) is 14.8 Å². The van der Waals surface area contributed by atoms with Crippen LogP contribution >= 0.6 is 0 Å². The predicted octanol–water partition coefficient (Wildman–Crippen LogP) is 2.23. The van der Waals surface area contributed by atoms with Crippen LogP contribution in [0.25, 0.3) is 0 Å². The number of carbonyl (C=O) groups is 1. The van der Waals surface area contributed by atoms with E-state index in [1.807, 2.05) is 24.0 Å². The molecule has 140 valence electrons. The van der Waals surface area contributed by atoms with E-state index in [0.717, 1.165) is 31.2 Å². The first-order valence-electron chi connectivity index (χ1n) is 8.72. The molecule has 1 amide bonds. The van der Waals surface area contributed by atoms with Gasteiger partial charge in [0.05, 0.1) is 27.3 Å². The molecule has 0 bridgehead atoms. The molecule has 7 heteroatoms. The summed E-state index contributed by atoms with van der Waals surface area (Å²) in [5, 5.41) is 0. The fraction of sp³-hybridized carbons (Fsp3) is 0.474. The largest absolute Gasteiger partial charge is 0.493 e. The van der Waals surface area contributed by atoms with Crippen LogP contribution in [0.3, 0.4) is 0 Å². The number of hydrogen-bond donors (Lipinski definition) is 0. The van der Waals surface area contributed by atoms with Gasteiger partial charge in [-0.3, -0.25) is 14.7 Å². The molecule has 0 atom stereocenters. The van der Waals surface area contributed by atoms with Crippen molar-refractivity contribution in [2.45, 2.75) is 26.4 Å². The molecule has 0 unspecified atom stereocenters. The van der Waals surface area contributed by atoms with Gasteiger partial charge in [-0.15, -0.1) is 0 Å². The molecule has 7 nitrogen and oxygen atoms in total. The first kappa shape index (κ1) is 18.3.